The molecule has 0 radical (unpaired) electrons. The van der Waals surface area contributed by atoms with Crippen LogP contribution in [0.1, 0.15) is 104 Å². The van der Waals surface area contributed by atoms with E-state index in [-0.39, 0.29) is 0 Å². The van der Waals surface area contributed by atoms with Gasteiger partial charge in [0.25, 0.3) is 0 Å². The van der Waals surface area contributed by atoms with Gasteiger partial charge in [-0.25, -0.2) is 0 Å². The number of benzene rings is 1. The second-order valence-corrected chi connectivity index (χ2v) is 12.2. The standard InChI is InChI=1S/C26H48O3Si/c1-5-8-9-10-11-12-13-14-15-16-17-18-19-24-28-30(6-2,7-3)29-26-22-20-25(27-4)21-23-26/h20-23H,5-19,24H2,1-4H3. The monoisotopic (exact) mass is 436 g/mol. The quantitative estimate of drug-likeness (QED) is 0.151. The van der Waals surface area contributed by atoms with Gasteiger partial charge < -0.3 is 13.6 Å². The molecule has 1 aromatic rings. The maximum Gasteiger partial charge on any atom is 0.398 e. The third kappa shape index (κ3) is 12.0. The molecular weight excluding hydrogens is 388 g/mol. The van der Waals surface area contributed by atoms with Crippen LogP contribution in [0.4, 0.5) is 0 Å². The van der Waals surface area contributed by atoms with Gasteiger partial charge in [-0.2, -0.15) is 0 Å². The molecule has 30 heavy (non-hydrogen) atoms. The molecule has 174 valence electrons. The number of hydrogen-bond acceptors (Lipinski definition) is 3. The van der Waals surface area contributed by atoms with E-state index in [9.17, 15) is 0 Å². The molecule has 0 amide bonds. The van der Waals surface area contributed by atoms with Crippen LogP contribution < -0.4 is 9.16 Å². The average Bonchev–Trinajstić information content (AvgIpc) is 2.79. The molecule has 0 aliphatic heterocycles. The molecule has 0 bridgehead atoms. The van der Waals surface area contributed by atoms with Crippen LogP contribution in [-0.4, -0.2) is 22.3 Å². The van der Waals surface area contributed by atoms with Crippen molar-refractivity contribution in [2.45, 2.75) is 116 Å². The Hall–Kier alpha value is -1.00. The van der Waals surface area contributed by atoms with E-state index in [1.807, 2.05) is 24.3 Å². The molecule has 1 aromatic carbocycles. The summed E-state index contributed by atoms with van der Waals surface area (Å²) in [6.07, 6.45) is 17.9. The Kier molecular flexibility index (Phi) is 15.9. The Morgan fingerprint density at radius 2 is 1.03 bits per heavy atom. The van der Waals surface area contributed by atoms with Crippen LogP contribution in [0.2, 0.25) is 12.1 Å². The Balaban J connectivity index is 2.09. The SMILES string of the molecule is CCCCCCCCCCCCCCCO[Si](CC)(CC)Oc1ccc(OC)cc1. The van der Waals surface area contributed by atoms with Crippen molar-refractivity contribution in [2.75, 3.05) is 13.7 Å². The predicted octanol–water partition coefficient (Wildman–Crippen LogP) is 8.66. The van der Waals surface area contributed by atoms with Crippen molar-refractivity contribution >= 4 is 8.56 Å². The fourth-order valence-electron chi connectivity index (χ4n) is 3.86. The maximum absolute atomic E-state index is 6.37. The molecule has 0 atom stereocenters. The number of hydrogen-bond donors (Lipinski definition) is 0. The van der Waals surface area contributed by atoms with Gasteiger partial charge in [-0.1, -0.05) is 97.8 Å². The van der Waals surface area contributed by atoms with Gasteiger partial charge in [-0.3, -0.25) is 0 Å². The minimum Gasteiger partial charge on any atom is -0.520 e. The van der Waals surface area contributed by atoms with E-state index in [4.69, 9.17) is 13.6 Å². The second-order valence-electron chi connectivity index (χ2n) is 8.49. The van der Waals surface area contributed by atoms with Gasteiger partial charge in [-0.15, -0.1) is 0 Å². The number of methoxy groups -OCH3 is 1. The largest absolute Gasteiger partial charge is 0.520 e. The van der Waals surface area contributed by atoms with Crippen molar-refractivity contribution in [3.8, 4) is 11.5 Å². The minimum absolute atomic E-state index is 0.835. The second kappa shape index (κ2) is 17.7. The normalized spacial score (nSPS) is 11.6. The fourth-order valence-corrected chi connectivity index (χ4v) is 6.20. The highest BCUT2D eigenvalue weighted by Gasteiger charge is 2.35. The van der Waals surface area contributed by atoms with Gasteiger partial charge in [-0.05, 0) is 42.8 Å². The average molecular weight is 437 g/mol. The molecule has 0 N–H and O–H groups in total. The van der Waals surface area contributed by atoms with Crippen LogP contribution in [0.25, 0.3) is 0 Å². The Morgan fingerprint density at radius 1 is 0.600 bits per heavy atom. The molecule has 1 rings (SSSR count). The topological polar surface area (TPSA) is 27.7 Å². The van der Waals surface area contributed by atoms with Crippen molar-refractivity contribution in [3.05, 3.63) is 24.3 Å². The van der Waals surface area contributed by atoms with Gasteiger partial charge in [0.05, 0.1) is 7.11 Å². The zero-order valence-electron chi connectivity index (χ0n) is 20.3. The molecule has 0 saturated carbocycles. The third-order valence-corrected chi connectivity index (χ3v) is 9.55. The molecule has 0 aliphatic carbocycles. The number of rotatable bonds is 20. The Bertz CT molecular complexity index is 500. The van der Waals surface area contributed by atoms with Crippen LogP contribution >= 0.6 is 0 Å². The molecule has 3 nitrogen and oxygen atoms in total. The first kappa shape index (κ1) is 27.0. The van der Waals surface area contributed by atoms with E-state index in [0.29, 0.717) is 0 Å². The van der Waals surface area contributed by atoms with Gasteiger partial charge in [0.15, 0.2) is 0 Å². The molecule has 0 unspecified atom stereocenters. The zero-order chi connectivity index (χ0) is 21.9. The molecule has 4 heteroatoms. The van der Waals surface area contributed by atoms with Crippen LogP contribution in [0, 0.1) is 0 Å². The van der Waals surface area contributed by atoms with E-state index in [1.165, 1.54) is 77.0 Å². The highest BCUT2D eigenvalue weighted by atomic mass is 28.4. The summed E-state index contributed by atoms with van der Waals surface area (Å²) in [4.78, 5) is 0. The summed E-state index contributed by atoms with van der Waals surface area (Å²) in [6, 6.07) is 9.83. The lowest BCUT2D eigenvalue weighted by atomic mass is 10.0. The van der Waals surface area contributed by atoms with Crippen LogP contribution in [-0.2, 0) is 4.43 Å². The summed E-state index contributed by atoms with van der Waals surface area (Å²) < 4.78 is 18.0. The minimum atomic E-state index is -2.16. The van der Waals surface area contributed by atoms with Crippen molar-refractivity contribution in [2.24, 2.45) is 0 Å². The summed E-state index contributed by atoms with van der Waals surface area (Å²) in [5, 5.41) is 0. The molecule has 0 heterocycles. The van der Waals surface area contributed by atoms with Crippen molar-refractivity contribution in [1.29, 1.82) is 0 Å². The smallest absolute Gasteiger partial charge is 0.398 e. The maximum atomic E-state index is 6.37. The summed E-state index contributed by atoms with van der Waals surface area (Å²) in [5.41, 5.74) is 0. The Labute approximate surface area is 188 Å². The molecule has 0 saturated heterocycles. The van der Waals surface area contributed by atoms with Gasteiger partial charge >= 0.3 is 8.56 Å². The highest BCUT2D eigenvalue weighted by molar-refractivity contribution is 6.68. The Morgan fingerprint density at radius 3 is 1.47 bits per heavy atom. The zero-order valence-corrected chi connectivity index (χ0v) is 21.3. The third-order valence-electron chi connectivity index (χ3n) is 6.05. The first-order valence-corrected chi connectivity index (χ1v) is 14.9. The molecule has 0 fully saturated rings. The molecule has 0 aromatic heterocycles. The molecular formula is C26H48O3Si. The van der Waals surface area contributed by atoms with Crippen LogP contribution in [0.5, 0.6) is 11.5 Å². The van der Waals surface area contributed by atoms with Crippen LogP contribution in [0.15, 0.2) is 24.3 Å². The summed E-state index contributed by atoms with van der Waals surface area (Å²) >= 11 is 0. The van der Waals surface area contributed by atoms with Crippen molar-refractivity contribution in [1.82, 2.24) is 0 Å². The van der Waals surface area contributed by atoms with E-state index < -0.39 is 8.56 Å². The molecule has 0 aliphatic rings. The van der Waals surface area contributed by atoms with E-state index in [0.717, 1.165) is 36.6 Å². The van der Waals surface area contributed by atoms with Crippen molar-refractivity contribution < 1.29 is 13.6 Å². The summed E-state index contributed by atoms with van der Waals surface area (Å²) in [5.74, 6) is 1.76. The first-order chi connectivity index (χ1) is 14.7. The van der Waals surface area contributed by atoms with E-state index >= 15 is 0 Å². The van der Waals surface area contributed by atoms with Gasteiger partial charge in [0.2, 0.25) is 0 Å². The summed E-state index contributed by atoms with van der Waals surface area (Å²) in [7, 11) is -0.469. The van der Waals surface area contributed by atoms with Crippen LogP contribution in [0.3, 0.4) is 0 Å². The number of ether oxygens (including phenoxy) is 1. The predicted molar refractivity (Wildman–Crippen MR) is 132 cm³/mol. The highest BCUT2D eigenvalue weighted by Crippen LogP contribution is 2.25. The van der Waals surface area contributed by atoms with E-state index in [1.54, 1.807) is 7.11 Å². The summed E-state index contributed by atoms with van der Waals surface area (Å²) in [6.45, 7) is 7.52. The number of unbranched alkanes of at least 4 members (excludes halogenated alkanes) is 12. The van der Waals surface area contributed by atoms with Crippen molar-refractivity contribution in [3.63, 3.8) is 0 Å². The van der Waals surface area contributed by atoms with Gasteiger partial charge in [0, 0.05) is 6.61 Å². The lowest BCUT2D eigenvalue weighted by molar-refractivity contribution is 0.230. The van der Waals surface area contributed by atoms with Gasteiger partial charge in [0.1, 0.15) is 11.5 Å². The fraction of sp³-hybridized carbons (Fsp3) is 0.769. The lowest BCUT2D eigenvalue weighted by Gasteiger charge is -2.29. The molecule has 0 spiro atoms. The first-order valence-electron chi connectivity index (χ1n) is 12.7. The van der Waals surface area contributed by atoms with E-state index in [2.05, 4.69) is 20.8 Å². The lowest BCUT2D eigenvalue weighted by Crippen LogP contribution is -2.44.